The molecule has 1 aliphatic rings. The van der Waals surface area contributed by atoms with Gasteiger partial charge in [0.2, 0.25) is 0 Å². The van der Waals surface area contributed by atoms with Gasteiger partial charge in [-0.1, -0.05) is 0 Å². The third kappa shape index (κ3) is 2.61. The van der Waals surface area contributed by atoms with E-state index >= 15 is 0 Å². The highest BCUT2D eigenvalue weighted by molar-refractivity contribution is 5.69. The average molecular weight is 223 g/mol. The normalized spacial score (nSPS) is 15.6. The number of aliphatic carboxylic acids is 1. The monoisotopic (exact) mass is 223 g/mol. The van der Waals surface area contributed by atoms with Gasteiger partial charge < -0.3 is 9.67 Å². The largest absolute Gasteiger partial charge is 0.480 e. The Labute approximate surface area is 94.7 Å². The maximum Gasteiger partial charge on any atom is 0.317 e. The highest BCUT2D eigenvalue weighted by Crippen LogP contribution is 2.27. The van der Waals surface area contributed by atoms with Crippen LogP contribution in [0.25, 0.3) is 0 Å². The first-order valence-corrected chi connectivity index (χ1v) is 5.65. The summed E-state index contributed by atoms with van der Waals surface area (Å²) in [6, 6.07) is 0.455. The fourth-order valence-corrected chi connectivity index (χ4v) is 1.90. The first kappa shape index (κ1) is 11.1. The fraction of sp³-hybridized carbons (Fsp3) is 0.636. The van der Waals surface area contributed by atoms with Crippen LogP contribution in [-0.4, -0.2) is 38.1 Å². The third-order valence-electron chi connectivity index (χ3n) is 2.91. The molecular weight excluding hydrogens is 206 g/mol. The van der Waals surface area contributed by atoms with Crippen molar-refractivity contribution in [1.82, 2.24) is 14.5 Å². The second kappa shape index (κ2) is 4.65. The highest BCUT2D eigenvalue weighted by Gasteiger charge is 2.30. The molecule has 0 aromatic carbocycles. The molecule has 0 unspecified atom stereocenters. The number of rotatable bonds is 6. The summed E-state index contributed by atoms with van der Waals surface area (Å²) in [5.41, 5.74) is 1.09. The van der Waals surface area contributed by atoms with Crippen molar-refractivity contribution < 1.29 is 9.90 Å². The van der Waals surface area contributed by atoms with E-state index in [-0.39, 0.29) is 6.54 Å². The van der Waals surface area contributed by atoms with Crippen molar-refractivity contribution in [1.29, 1.82) is 0 Å². The van der Waals surface area contributed by atoms with E-state index in [0.717, 1.165) is 25.1 Å². The van der Waals surface area contributed by atoms with Crippen LogP contribution in [0, 0.1) is 0 Å². The van der Waals surface area contributed by atoms with E-state index < -0.39 is 5.97 Å². The predicted molar refractivity (Wildman–Crippen MR) is 59.0 cm³/mol. The van der Waals surface area contributed by atoms with Gasteiger partial charge in [0.15, 0.2) is 0 Å². The zero-order chi connectivity index (χ0) is 11.5. The van der Waals surface area contributed by atoms with E-state index in [9.17, 15) is 4.79 Å². The van der Waals surface area contributed by atoms with Gasteiger partial charge in [0.25, 0.3) is 0 Å². The molecule has 0 radical (unpaired) electrons. The van der Waals surface area contributed by atoms with Crippen molar-refractivity contribution >= 4 is 5.97 Å². The number of hydrogen-bond acceptors (Lipinski definition) is 3. The minimum atomic E-state index is -0.755. The molecule has 2 rings (SSSR count). The number of aryl methyl sites for hydroxylation is 1. The Hall–Kier alpha value is -1.36. The van der Waals surface area contributed by atoms with Gasteiger partial charge in [-0.2, -0.15) is 0 Å². The van der Waals surface area contributed by atoms with Crippen LogP contribution >= 0.6 is 0 Å². The molecule has 1 aromatic rings. The van der Waals surface area contributed by atoms with Crippen LogP contribution in [0.2, 0.25) is 0 Å². The van der Waals surface area contributed by atoms with Gasteiger partial charge in [-0.3, -0.25) is 9.69 Å². The van der Waals surface area contributed by atoms with E-state index in [1.54, 1.807) is 6.33 Å². The molecule has 1 aliphatic carbocycles. The molecule has 1 N–H and O–H groups in total. The summed E-state index contributed by atoms with van der Waals surface area (Å²) in [5, 5.41) is 8.85. The molecule has 1 fully saturated rings. The summed E-state index contributed by atoms with van der Waals surface area (Å²) < 4.78 is 2.05. The van der Waals surface area contributed by atoms with Crippen LogP contribution < -0.4 is 0 Å². The smallest absolute Gasteiger partial charge is 0.317 e. The van der Waals surface area contributed by atoms with Gasteiger partial charge >= 0.3 is 5.97 Å². The van der Waals surface area contributed by atoms with Crippen molar-refractivity contribution in [3.8, 4) is 0 Å². The van der Waals surface area contributed by atoms with Crippen molar-refractivity contribution in [3.63, 3.8) is 0 Å². The number of carboxylic acid groups (broad SMARTS) is 1. The van der Waals surface area contributed by atoms with Gasteiger partial charge in [-0.15, -0.1) is 0 Å². The quantitative estimate of drug-likeness (QED) is 0.780. The van der Waals surface area contributed by atoms with Crippen LogP contribution in [0.1, 0.15) is 25.5 Å². The molecular formula is C11H17N3O2. The van der Waals surface area contributed by atoms with Gasteiger partial charge in [-0.25, -0.2) is 4.98 Å². The second-order valence-corrected chi connectivity index (χ2v) is 4.20. The maximum absolute atomic E-state index is 10.8. The van der Waals surface area contributed by atoms with Gasteiger partial charge in [0.05, 0.1) is 18.6 Å². The second-order valence-electron chi connectivity index (χ2n) is 4.20. The molecule has 0 bridgehead atoms. The SMILES string of the molecule is CCn1cncc1CN(CC(=O)O)C1CC1. The zero-order valence-electron chi connectivity index (χ0n) is 9.46. The minimum Gasteiger partial charge on any atom is -0.480 e. The lowest BCUT2D eigenvalue weighted by Crippen LogP contribution is -2.32. The number of hydrogen-bond donors (Lipinski definition) is 1. The van der Waals surface area contributed by atoms with E-state index in [4.69, 9.17) is 5.11 Å². The fourth-order valence-electron chi connectivity index (χ4n) is 1.90. The molecule has 1 heterocycles. The van der Waals surface area contributed by atoms with Crippen LogP contribution in [0.3, 0.4) is 0 Å². The molecule has 1 saturated carbocycles. The molecule has 16 heavy (non-hydrogen) atoms. The Balaban J connectivity index is 2.02. The topological polar surface area (TPSA) is 58.4 Å². The first-order valence-electron chi connectivity index (χ1n) is 5.65. The lowest BCUT2D eigenvalue weighted by Gasteiger charge is -2.19. The average Bonchev–Trinajstić information content (AvgIpc) is 2.98. The predicted octanol–water partition coefficient (Wildman–Crippen LogP) is 0.952. The number of aromatic nitrogens is 2. The maximum atomic E-state index is 10.8. The van der Waals surface area contributed by atoms with Crippen LogP contribution in [0.15, 0.2) is 12.5 Å². The van der Waals surface area contributed by atoms with Gasteiger partial charge in [-0.05, 0) is 19.8 Å². The van der Waals surface area contributed by atoms with Crippen molar-refractivity contribution in [2.24, 2.45) is 0 Å². The lowest BCUT2D eigenvalue weighted by atomic mass is 10.3. The van der Waals surface area contributed by atoms with E-state index in [2.05, 4.69) is 16.5 Å². The molecule has 5 nitrogen and oxygen atoms in total. The van der Waals surface area contributed by atoms with Crippen LogP contribution in [0.5, 0.6) is 0 Å². The van der Waals surface area contributed by atoms with E-state index in [1.807, 2.05) is 11.1 Å². The summed E-state index contributed by atoms with van der Waals surface area (Å²) in [4.78, 5) is 16.9. The summed E-state index contributed by atoms with van der Waals surface area (Å²) in [6.07, 6.45) is 5.85. The zero-order valence-corrected chi connectivity index (χ0v) is 9.46. The lowest BCUT2D eigenvalue weighted by molar-refractivity contribution is -0.138. The van der Waals surface area contributed by atoms with E-state index in [0.29, 0.717) is 12.6 Å². The van der Waals surface area contributed by atoms with Crippen molar-refractivity contribution in [2.75, 3.05) is 6.54 Å². The summed E-state index contributed by atoms with van der Waals surface area (Å²) >= 11 is 0. The number of carboxylic acids is 1. The summed E-state index contributed by atoms with van der Waals surface area (Å²) in [5.74, 6) is -0.755. The Morgan fingerprint density at radius 3 is 3.00 bits per heavy atom. The van der Waals surface area contributed by atoms with Gasteiger partial charge in [0, 0.05) is 25.3 Å². The third-order valence-corrected chi connectivity index (χ3v) is 2.91. The molecule has 0 saturated heterocycles. The van der Waals surface area contributed by atoms with Crippen molar-refractivity contribution in [3.05, 3.63) is 18.2 Å². The summed E-state index contributed by atoms with van der Waals surface area (Å²) in [6.45, 7) is 3.75. The number of carbonyl (C=O) groups is 1. The van der Waals surface area contributed by atoms with Crippen LogP contribution in [-0.2, 0) is 17.9 Å². The van der Waals surface area contributed by atoms with Crippen molar-refractivity contribution in [2.45, 2.75) is 38.9 Å². The Morgan fingerprint density at radius 1 is 1.69 bits per heavy atom. The molecule has 0 spiro atoms. The molecule has 5 heteroatoms. The minimum absolute atomic E-state index is 0.125. The van der Waals surface area contributed by atoms with Crippen LogP contribution in [0.4, 0.5) is 0 Å². The Bertz CT molecular complexity index is 371. The Kier molecular flexibility index (Phi) is 3.24. The molecule has 1 aromatic heterocycles. The highest BCUT2D eigenvalue weighted by atomic mass is 16.4. The number of nitrogens with zero attached hydrogens (tertiary/aromatic N) is 3. The standard InChI is InChI=1S/C11H17N3O2/c1-2-13-8-12-5-10(13)6-14(7-11(15)16)9-3-4-9/h5,8-9H,2-4,6-7H2,1H3,(H,15,16). The van der Waals surface area contributed by atoms with Gasteiger partial charge in [0.1, 0.15) is 0 Å². The molecule has 0 atom stereocenters. The van der Waals surface area contributed by atoms with E-state index in [1.165, 1.54) is 0 Å². The summed E-state index contributed by atoms with van der Waals surface area (Å²) in [7, 11) is 0. The molecule has 0 amide bonds. The first-order chi connectivity index (χ1) is 7.70. The Morgan fingerprint density at radius 2 is 2.44 bits per heavy atom. The molecule has 0 aliphatic heterocycles. The number of imidazole rings is 1. The molecule has 88 valence electrons.